The summed E-state index contributed by atoms with van der Waals surface area (Å²) in [5.74, 6) is 0.371. The van der Waals surface area contributed by atoms with Crippen molar-refractivity contribution in [1.82, 2.24) is 9.97 Å². The van der Waals surface area contributed by atoms with Crippen LogP contribution in [0.25, 0.3) is 0 Å². The third kappa shape index (κ3) is 5.10. The summed E-state index contributed by atoms with van der Waals surface area (Å²) in [6.45, 7) is 4.68. The van der Waals surface area contributed by atoms with Gasteiger partial charge in [0.15, 0.2) is 0 Å². The lowest BCUT2D eigenvalue weighted by atomic mass is 9.98. The quantitative estimate of drug-likeness (QED) is 0.582. The van der Waals surface area contributed by atoms with Gasteiger partial charge in [-0.15, -0.1) is 0 Å². The number of alkyl halides is 3. The first-order chi connectivity index (χ1) is 13.9. The lowest BCUT2D eigenvalue weighted by molar-refractivity contribution is -0.140. The molecule has 0 atom stereocenters. The second-order valence-corrected chi connectivity index (χ2v) is 6.91. The third-order valence-electron chi connectivity index (χ3n) is 4.89. The summed E-state index contributed by atoms with van der Waals surface area (Å²) in [6.07, 6.45) is 0.439. The van der Waals surface area contributed by atoms with Crippen molar-refractivity contribution < 1.29 is 22.6 Å². The zero-order valence-electron chi connectivity index (χ0n) is 16.7. The van der Waals surface area contributed by atoms with Crippen LogP contribution in [0.3, 0.4) is 0 Å². The number of nitrogens with zero attached hydrogens (tertiary/aromatic N) is 3. The van der Waals surface area contributed by atoms with E-state index in [1.165, 1.54) is 0 Å². The normalized spacial score (nSPS) is 15.2. The highest BCUT2D eigenvalue weighted by Crippen LogP contribution is 2.38. The lowest BCUT2D eigenvalue weighted by Crippen LogP contribution is -2.25. The minimum absolute atomic E-state index is 0.151. The van der Waals surface area contributed by atoms with Crippen molar-refractivity contribution in [3.8, 4) is 11.6 Å². The maximum Gasteiger partial charge on any atom is 0.423 e. The van der Waals surface area contributed by atoms with Crippen molar-refractivity contribution in [1.29, 1.82) is 0 Å². The molecule has 1 aromatic heterocycles. The Hall–Kier alpha value is -2.51. The number of benzene rings is 1. The zero-order valence-corrected chi connectivity index (χ0v) is 16.7. The number of anilines is 2. The highest BCUT2D eigenvalue weighted by atomic mass is 19.4. The van der Waals surface area contributed by atoms with Crippen LogP contribution in [-0.4, -0.2) is 29.2 Å². The van der Waals surface area contributed by atoms with Crippen molar-refractivity contribution >= 4 is 11.6 Å². The maximum atomic E-state index is 13.5. The van der Waals surface area contributed by atoms with Gasteiger partial charge in [-0.3, -0.25) is 0 Å². The van der Waals surface area contributed by atoms with Gasteiger partial charge in [0.1, 0.15) is 17.4 Å². The number of rotatable bonds is 7. The number of para-hydroxylation sites is 2. The van der Waals surface area contributed by atoms with E-state index in [0.717, 1.165) is 38.3 Å². The highest BCUT2D eigenvalue weighted by molar-refractivity contribution is 5.65. The van der Waals surface area contributed by atoms with Crippen LogP contribution in [0.2, 0.25) is 0 Å². The number of aromatic nitrogens is 2. The van der Waals surface area contributed by atoms with E-state index in [1.54, 1.807) is 4.90 Å². The van der Waals surface area contributed by atoms with Crippen molar-refractivity contribution in [3.63, 3.8) is 0 Å². The number of hydrogen-bond donors (Lipinski definition) is 0. The Morgan fingerprint density at radius 2 is 1.83 bits per heavy atom. The molecule has 3 rings (SSSR count). The van der Waals surface area contributed by atoms with E-state index < -0.39 is 17.6 Å². The van der Waals surface area contributed by atoms with E-state index in [-0.39, 0.29) is 12.1 Å². The van der Waals surface area contributed by atoms with Crippen LogP contribution in [0.5, 0.6) is 11.6 Å². The summed E-state index contributed by atoms with van der Waals surface area (Å²) in [5, 5.41) is 0. The molecule has 0 N–H and O–H groups in total. The molecule has 0 unspecified atom stereocenters. The summed E-state index contributed by atoms with van der Waals surface area (Å²) in [6, 6.07) is 7.32. The van der Waals surface area contributed by atoms with Crippen molar-refractivity contribution in [2.45, 2.75) is 58.2 Å². The standard InChI is InChI=1S/C21H26F3N3O2/c1-3-27(17-12-8-9-13-18(17)28-4-2)20-25-14-16(21(22,23)24)19(26-20)29-15-10-6-5-7-11-15/h8-9,12-15H,3-7,10-11H2,1-2H3. The lowest BCUT2D eigenvalue weighted by Gasteiger charge is -2.26. The topological polar surface area (TPSA) is 47.5 Å². The summed E-state index contributed by atoms with van der Waals surface area (Å²) < 4.78 is 51.9. The van der Waals surface area contributed by atoms with E-state index in [4.69, 9.17) is 9.47 Å². The summed E-state index contributed by atoms with van der Waals surface area (Å²) in [7, 11) is 0. The Bertz CT molecular complexity index is 808. The number of halogens is 3. The summed E-state index contributed by atoms with van der Waals surface area (Å²) in [4.78, 5) is 9.93. The fourth-order valence-electron chi connectivity index (χ4n) is 3.49. The van der Waals surface area contributed by atoms with Gasteiger partial charge in [-0.25, -0.2) is 4.98 Å². The van der Waals surface area contributed by atoms with Gasteiger partial charge in [0.05, 0.1) is 12.3 Å². The molecule has 0 saturated heterocycles. The molecule has 1 aliphatic carbocycles. The Balaban J connectivity index is 1.99. The predicted octanol–water partition coefficient (Wildman–Crippen LogP) is 5.76. The van der Waals surface area contributed by atoms with E-state index >= 15 is 0 Å². The summed E-state index contributed by atoms with van der Waals surface area (Å²) >= 11 is 0. The molecule has 1 fully saturated rings. The molecular weight excluding hydrogens is 383 g/mol. The van der Waals surface area contributed by atoms with E-state index in [0.29, 0.717) is 24.6 Å². The van der Waals surface area contributed by atoms with Gasteiger partial charge in [-0.1, -0.05) is 18.6 Å². The smallest absolute Gasteiger partial charge is 0.423 e. The van der Waals surface area contributed by atoms with E-state index in [9.17, 15) is 13.2 Å². The molecule has 29 heavy (non-hydrogen) atoms. The molecule has 1 aromatic carbocycles. The van der Waals surface area contributed by atoms with Gasteiger partial charge in [0, 0.05) is 12.7 Å². The van der Waals surface area contributed by atoms with Gasteiger partial charge in [0.2, 0.25) is 11.8 Å². The van der Waals surface area contributed by atoms with Gasteiger partial charge < -0.3 is 14.4 Å². The first-order valence-electron chi connectivity index (χ1n) is 10.0. The Kier molecular flexibility index (Phi) is 6.82. The van der Waals surface area contributed by atoms with Crippen molar-refractivity contribution in [2.75, 3.05) is 18.1 Å². The number of hydrogen-bond acceptors (Lipinski definition) is 5. The first-order valence-corrected chi connectivity index (χ1v) is 10.0. The summed E-state index contributed by atoms with van der Waals surface area (Å²) in [5.41, 5.74) is -0.249. The van der Waals surface area contributed by atoms with E-state index in [2.05, 4.69) is 9.97 Å². The Labute approximate surface area is 168 Å². The molecular formula is C21H26F3N3O2. The minimum atomic E-state index is -4.58. The molecule has 2 aromatic rings. The van der Waals surface area contributed by atoms with Crippen molar-refractivity contribution in [2.24, 2.45) is 0 Å². The molecule has 0 spiro atoms. The molecule has 0 amide bonds. The van der Waals surface area contributed by atoms with Crippen LogP contribution >= 0.6 is 0 Å². The molecule has 5 nitrogen and oxygen atoms in total. The molecule has 8 heteroatoms. The third-order valence-corrected chi connectivity index (χ3v) is 4.89. The fraction of sp³-hybridized carbons (Fsp3) is 0.524. The second kappa shape index (κ2) is 9.33. The largest absolute Gasteiger partial charge is 0.492 e. The molecule has 158 valence electrons. The van der Waals surface area contributed by atoms with E-state index in [1.807, 2.05) is 38.1 Å². The van der Waals surface area contributed by atoms with Crippen LogP contribution in [0.4, 0.5) is 24.8 Å². The highest BCUT2D eigenvalue weighted by Gasteiger charge is 2.37. The van der Waals surface area contributed by atoms with Gasteiger partial charge in [-0.05, 0) is 51.7 Å². The SMILES string of the molecule is CCOc1ccccc1N(CC)c1ncc(C(F)(F)F)c(OC2CCCCC2)n1. The monoisotopic (exact) mass is 409 g/mol. The molecule has 0 bridgehead atoms. The minimum Gasteiger partial charge on any atom is -0.492 e. The van der Waals surface area contributed by atoms with Crippen molar-refractivity contribution in [3.05, 3.63) is 36.0 Å². The first kappa shape index (κ1) is 21.2. The van der Waals surface area contributed by atoms with Crippen LogP contribution in [0.1, 0.15) is 51.5 Å². The Morgan fingerprint density at radius 1 is 1.10 bits per heavy atom. The van der Waals surface area contributed by atoms with Crippen LogP contribution in [-0.2, 0) is 6.18 Å². The molecule has 0 radical (unpaired) electrons. The predicted molar refractivity (Wildman–Crippen MR) is 105 cm³/mol. The maximum absolute atomic E-state index is 13.5. The molecule has 1 aliphatic rings. The molecule has 1 saturated carbocycles. The van der Waals surface area contributed by atoms with Gasteiger partial charge in [-0.2, -0.15) is 18.2 Å². The molecule has 0 aliphatic heterocycles. The van der Waals surface area contributed by atoms with Crippen LogP contribution < -0.4 is 14.4 Å². The number of ether oxygens (including phenoxy) is 2. The zero-order chi connectivity index (χ0) is 20.9. The van der Waals surface area contributed by atoms with Gasteiger partial charge in [0.25, 0.3) is 0 Å². The second-order valence-electron chi connectivity index (χ2n) is 6.91. The average Bonchev–Trinajstić information content (AvgIpc) is 2.70. The average molecular weight is 409 g/mol. The fourth-order valence-corrected chi connectivity index (χ4v) is 3.49. The van der Waals surface area contributed by atoms with Crippen LogP contribution in [0.15, 0.2) is 30.5 Å². The molecule has 1 heterocycles. The van der Waals surface area contributed by atoms with Gasteiger partial charge >= 0.3 is 6.18 Å². The van der Waals surface area contributed by atoms with Crippen LogP contribution in [0, 0.1) is 0 Å². The Morgan fingerprint density at radius 3 is 2.48 bits per heavy atom.